The van der Waals surface area contributed by atoms with Crippen LogP contribution in [0.3, 0.4) is 0 Å². The van der Waals surface area contributed by atoms with Gasteiger partial charge in [-0.05, 0) is 19.8 Å². The highest BCUT2D eigenvalue weighted by Gasteiger charge is 2.26. The largest absolute Gasteiger partial charge is 0.371 e. The highest BCUT2D eigenvalue weighted by atomic mass is 35.5. The highest BCUT2D eigenvalue weighted by Crippen LogP contribution is 2.30. The molecule has 7 heteroatoms. The summed E-state index contributed by atoms with van der Waals surface area (Å²) in [5.41, 5.74) is 0.574. The molecule has 2 aliphatic rings. The van der Waals surface area contributed by atoms with Gasteiger partial charge in [-0.15, -0.1) is 23.7 Å². The standard InChI is InChI=1S/C13H19N3O2S.ClH/c1-9-7-16(5-4-14-9)13(17)10-8-19-12(15-10)11-3-2-6-18-11;/h8-9,11,14H,2-7H2,1H3;1H/t9-,11?;/m1./s1. The minimum atomic E-state index is 0. The summed E-state index contributed by atoms with van der Waals surface area (Å²) in [6, 6.07) is 0.356. The number of rotatable bonds is 2. The molecule has 1 aromatic heterocycles. The number of hydrogen-bond acceptors (Lipinski definition) is 5. The molecule has 3 heterocycles. The minimum absolute atomic E-state index is 0. The summed E-state index contributed by atoms with van der Waals surface area (Å²) < 4.78 is 5.61. The van der Waals surface area contributed by atoms with E-state index in [4.69, 9.17) is 4.74 Å². The minimum Gasteiger partial charge on any atom is -0.371 e. The second-order valence-corrected chi connectivity index (χ2v) is 6.07. The molecule has 2 aliphatic heterocycles. The maximum Gasteiger partial charge on any atom is 0.273 e. The number of nitrogens with one attached hydrogen (secondary N) is 1. The first-order chi connectivity index (χ1) is 9.24. The molecule has 1 amide bonds. The molecule has 0 bridgehead atoms. The SMILES string of the molecule is C[C@@H]1CN(C(=O)c2csc(C3CCCO3)n2)CCN1.Cl. The lowest BCUT2D eigenvalue weighted by molar-refractivity contribution is 0.0702. The van der Waals surface area contributed by atoms with Crippen LogP contribution < -0.4 is 5.32 Å². The molecule has 0 aliphatic carbocycles. The molecule has 0 radical (unpaired) electrons. The Labute approximate surface area is 129 Å². The van der Waals surface area contributed by atoms with E-state index < -0.39 is 0 Å². The van der Waals surface area contributed by atoms with Crippen molar-refractivity contribution in [2.45, 2.75) is 31.9 Å². The Morgan fingerprint density at radius 1 is 1.60 bits per heavy atom. The summed E-state index contributed by atoms with van der Waals surface area (Å²) in [6.45, 7) is 5.28. The van der Waals surface area contributed by atoms with E-state index in [0.29, 0.717) is 11.7 Å². The monoisotopic (exact) mass is 317 g/mol. The maximum absolute atomic E-state index is 12.4. The number of piperazine rings is 1. The first-order valence-electron chi connectivity index (χ1n) is 6.84. The van der Waals surface area contributed by atoms with E-state index in [9.17, 15) is 4.79 Å². The smallest absolute Gasteiger partial charge is 0.273 e. The molecule has 0 spiro atoms. The Balaban J connectivity index is 0.00000147. The summed E-state index contributed by atoms with van der Waals surface area (Å²) in [5, 5.41) is 6.15. The summed E-state index contributed by atoms with van der Waals surface area (Å²) in [7, 11) is 0. The van der Waals surface area contributed by atoms with Crippen molar-refractivity contribution in [3.05, 3.63) is 16.1 Å². The number of aromatic nitrogens is 1. The molecule has 3 rings (SSSR count). The number of ether oxygens (including phenoxy) is 1. The zero-order valence-electron chi connectivity index (χ0n) is 11.5. The molecule has 0 saturated carbocycles. The van der Waals surface area contributed by atoms with Crippen molar-refractivity contribution in [3.8, 4) is 0 Å². The van der Waals surface area contributed by atoms with Gasteiger partial charge in [0, 0.05) is 37.7 Å². The van der Waals surface area contributed by atoms with Crippen LogP contribution in [-0.2, 0) is 4.74 Å². The Morgan fingerprint density at radius 2 is 2.45 bits per heavy atom. The fourth-order valence-electron chi connectivity index (χ4n) is 2.58. The first kappa shape index (κ1) is 15.7. The van der Waals surface area contributed by atoms with Gasteiger partial charge in [0.1, 0.15) is 16.8 Å². The number of thiazole rings is 1. The topological polar surface area (TPSA) is 54.5 Å². The normalized spacial score (nSPS) is 26.4. The van der Waals surface area contributed by atoms with Gasteiger partial charge in [0.15, 0.2) is 0 Å². The Kier molecular flexibility index (Phi) is 5.37. The van der Waals surface area contributed by atoms with Crippen molar-refractivity contribution < 1.29 is 9.53 Å². The van der Waals surface area contributed by atoms with E-state index in [0.717, 1.165) is 44.1 Å². The van der Waals surface area contributed by atoms with Gasteiger partial charge in [-0.25, -0.2) is 4.98 Å². The maximum atomic E-state index is 12.4. The highest BCUT2D eigenvalue weighted by molar-refractivity contribution is 7.09. The van der Waals surface area contributed by atoms with Crippen LogP contribution in [0.4, 0.5) is 0 Å². The predicted molar refractivity (Wildman–Crippen MR) is 80.7 cm³/mol. The molecule has 1 N–H and O–H groups in total. The fourth-order valence-corrected chi connectivity index (χ4v) is 3.46. The van der Waals surface area contributed by atoms with Gasteiger partial charge in [0.2, 0.25) is 0 Å². The van der Waals surface area contributed by atoms with Gasteiger partial charge < -0.3 is 15.0 Å². The average molecular weight is 318 g/mol. The summed E-state index contributed by atoms with van der Waals surface area (Å²) in [5.74, 6) is 0.0499. The molecule has 2 atom stereocenters. The van der Waals surface area contributed by atoms with Crippen LogP contribution in [0, 0.1) is 0 Å². The Bertz CT molecular complexity index is 462. The molecule has 20 heavy (non-hydrogen) atoms. The molecule has 5 nitrogen and oxygen atoms in total. The molecule has 112 valence electrons. The van der Waals surface area contributed by atoms with Crippen molar-refractivity contribution in [1.82, 2.24) is 15.2 Å². The van der Waals surface area contributed by atoms with Gasteiger partial charge in [0.05, 0.1) is 0 Å². The summed E-state index contributed by atoms with van der Waals surface area (Å²) >= 11 is 1.54. The van der Waals surface area contributed by atoms with Crippen LogP contribution in [0.2, 0.25) is 0 Å². The molecule has 2 saturated heterocycles. The summed E-state index contributed by atoms with van der Waals surface area (Å²) in [6.07, 6.45) is 2.21. The van der Waals surface area contributed by atoms with Crippen LogP contribution >= 0.6 is 23.7 Å². The lowest BCUT2D eigenvalue weighted by Crippen LogP contribution is -2.51. The van der Waals surface area contributed by atoms with Crippen LogP contribution in [0.15, 0.2) is 5.38 Å². The number of halogens is 1. The Hall–Kier alpha value is -0.690. The van der Waals surface area contributed by atoms with Gasteiger partial charge >= 0.3 is 0 Å². The van der Waals surface area contributed by atoms with Gasteiger partial charge in [0.25, 0.3) is 5.91 Å². The van der Waals surface area contributed by atoms with E-state index >= 15 is 0 Å². The number of nitrogens with zero attached hydrogens (tertiary/aromatic N) is 2. The zero-order chi connectivity index (χ0) is 13.2. The zero-order valence-corrected chi connectivity index (χ0v) is 13.1. The van der Waals surface area contributed by atoms with Gasteiger partial charge in [-0.2, -0.15) is 0 Å². The lowest BCUT2D eigenvalue weighted by Gasteiger charge is -2.31. The van der Waals surface area contributed by atoms with Gasteiger partial charge in [-0.1, -0.05) is 0 Å². The predicted octanol–water partition coefficient (Wildman–Crippen LogP) is 1.85. The first-order valence-corrected chi connectivity index (χ1v) is 7.71. The lowest BCUT2D eigenvalue weighted by atomic mass is 10.2. The molecule has 1 unspecified atom stereocenters. The van der Waals surface area contributed by atoms with Crippen molar-refractivity contribution in [3.63, 3.8) is 0 Å². The molecule has 0 aromatic carbocycles. The van der Waals surface area contributed by atoms with Crippen LogP contribution in [-0.4, -0.2) is 48.1 Å². The fraction of sp³-hybridized carbons (Fsp3) is 0.692. The van der Waals surface area contributed by atoms with E-state index in [-0.39, 0.29) is 24.4 Å². The van der Waals surface area contributed by atoms with E-state index in [1.54, 1.807) is 11.3 Å². The van der Waals surface area contributed by atoms with Gasteiger partial charge in [-0.3, -0.25) is 4.79 Å². The Morgan fingerprint density at radius 3 is 3.15 bits per heavy atom. The van der Waals surface area contributed by atoms with E-state index in [1.165, 1.54) is 0 Å². The van der Waals surface area contributed by atoms with E-state index in [1.807, 2.05) is 10.3 Å². The second-order valence-electron chi connectivity index (χ2n) is 5.18. The molecule has 2 fully saturated rings. The van der Waals surface area contributed by atoms with Crippen molar-refractivity contribution in [2.24, 2.45) is 0 Å². The van der Waals surface area contributed by atoms with Crippen LogP contribution in [0.5, 0.6) is 0 Å². The van der Waals surface area contributed by atoms with Crippen LogP contribution in [0.25, 0.3) is 0 Å². The average Bonchev–Trinajstić information content (AvgIpc) is 3.08. The summed E-state index contributed by atoms with van der Waals surface area (Å²) in [4.78, 5) is 18.7. The third-order valence-electron chi connectivity index (χ3n) is 3.60. The molecular weight excluding hydrogens is 298 g/mol. The molecular formula is C13H20ClN3O2S. The quantitative estimate of drug-likeness (QED) is 0.904. The van der Waals surface area contributed by atoms with E-state index in [2.05, 4.69) is 17.2 Å². The second kappa shape index (κ2) is 6.85. The number of carbonyl (C=O) groups excluding carboxylic acids is 1. The number of hydrogen-bond donors (Lipinski definition) is 1. The van der Waals surface area contributed by atoms with Crippen molar-refractivity contribution >= 4 is 29.7 Å². The number of carbonyl (C=O) groups is 1. The number of amides is 1. The van der Waals surface area contributed by atoms with Crippen LogP contribution in [0.1, 0.15) is 41.4 Å². The van der Waals surface area contributed by atoms with Crippen molar-refractivity contribution in [1.29, 1.82) is 0 Å². The van der Waals surface area contributed by atoms with Crippen molar-refractivity contribution in [2.75, 3.05) is 26.2 Å². The third kappa shape index (κ3) is 3.31. The molecule has 1 aromatic rings. The third-order valence-corrected chi connectivity index (χ3v) is 4.54.